The van der Waals surface area contributed by atoms with Gasteiger partial charge >= 0.3 is 0 Å². The molecule has 0 aliphatic carbocycles. The predicted molar refractivity (Wildman–Crippen MR) is 84.5 cm³/mol. The summed E-state index contributed by atoms with van der Waals surface area (Å²) in [6.07, 6.45) is 0. The molecule has 0 spiro atoms. The fraction of sp³-hybridized carbons (Fsp3) is 0.125. The summed E-state index contributed by atoms with van der Waals surface area (Å²) in [7, 11) is 1.83. The third kappa shape index (κ3) is 2.28. The van der Waals surface area contributed by atoms with Gasteiger partial charge in [-0.3, -0.25) is 9.59 Å². The molecule has 1 aliphatic rings. The molecule has 0 bridgehead atoms. The number of carbonyl (C=O) groups is 2. The number of amides is 2. The summed E-state index contributed by atoms with van der Waals surface area (Å²) in [5.41, 5.74) is 2.43. The second-order valence-corrected chi connectivity index (χ2v) is 5.71. The van der Waals surface area contributed by atoms with E-state index in [2.05, 4.69) is 21.2 Å². The van der Waals surface area contributed by atoms with E-state index in [9.17, 15) is 9.59 Å². The number of halogens is 1. The first-order valence-electron chi connectivity index (χ1n) is 6.54. The Morgan fingerprint density at radius 1 is 1.05 bits per heavy atom. The number of nitrogens with zero attached hydrogens (tertiary/aromatic N) is 1. The van der Waals surface area contributed by atoms with E-state index in [0.717, 1.165) is 10.0 Å². The van der Waals surface area contributed by atoms with Gasteiger partial charge in [0.2, 0.25) is 0 Å². The van der Waals surface area contributed by atoms with Crippen LogP contribution in [0.1, 0.15) is 26.3 Å². The predicted octanol–water partition coefficient (Wildman–Crippen LogP) is 2.97. The summed E-state index contributed by atoms with van der Waals surface area (Å²) in [6, 6.07) is 12.6. The third-order valence-corrected chi connectivity index (χ3v) is 3.94. The summed E-state index contributed by atoms with van der Waals surface area (Å²) in [6.45, 7) is 0.591. The van der Waals surface area contributed by atoms with Crippen molar-refractivity contribution in [1.82, 2.24) is 5.32 Å². The minimum atomic E-state index is -0.278. The van der Waals surface area contributed by atoms with E-state index in [1.807, 2.05) is 25.2 Å². The minimum Gasteiger partial charge on any atom is -0.316 e. The van der Waals surface area contributed by atoms with Gasteiger partial charge in [0.05, 0.1) is 16.8 Å². The van der Waals surface area contributed by atoms with E-state index in [-0.39, 0.29) is 11.8 Å². The van der Waals surface area contributed by atoms with Gasteiger partial charge in [0.15, 0.2) is 0 Å². The lowest BCUT2D eigenvalue weighted by atomic mass is 10.1. The van der Waals surface area contributed by atoms with Crippen molar-refractivity contribution in [2.75, 3.05) is 11.9 Å². The highest BCUT2D eigenvalue weighted by molar-refractivity contribution is 9.10. The number of anilines is 1. The van der Waals surface area contributed by atoms with Crippen LogP contribution in [0, 0.1) is 0 Å². The van der Waals surface area contributed by atoms with E-state index < -0.39 is 0 Å². The van der Waals surface area contributed by atoms with Crippen molar-refractivity contribution in [3.05, 3.63) is 63.6 Å². The summed E-state index contributed by atoms with van der Waals surface area (Å²) in [5.74, 6) is -0.550. The quantitative estimate of drug-likeness (QED) is 0.871. The molecule has 2 aromatic rings. The highest BCUT2D eigenvalue weighted by atomic mass is 79.9. The van der Waals surface area contributed by atoms with Gasteiger partial charge in [-0.25, -0.2) is 4.90 Å². The van der Waals surface area contributed by atoms with Crippen LogP contribution in [0.3, 0.4) is 0 Å². The van der Waals surface area contributed by atoms with Crippen molar-refractivity contribution in [2.24, 2.45) is 0 Å². The second kappa shape index (κ2) is 5.42. The molecular formula is C16H13BrN2O2. The molecule has 3 rings (SSSR count). The van der Waals surface area contributed by atoms with Crippen LogP contribution in [0.2, 0.25) is 0 Å². The van der Waals surface area contributed by atoms with Crippen LogP contribution >= 0.6 is 15.9 Å². The van der Waals surface area contributed by atoms with E-state index in [4.69, 9.17) is 0 Å². The molecule has 0 saturated carbocycles. The first-order valence-corrected chi connectivity index (χ1v) is 7.33. The number of carbonyl (C=O) groups excluding carboxylic acids is 2. The van der Waals surface area contributed by atoms with Crippen molar-refractivity contribution in [3.8, 4) is 0 Å². The first kappa shape index (κ1) is 14.0. The fourth-order valence-corrected chi connectivity index (χ4v) is 2.86. The van der Waals surface area contributed by atoms with E-state index in [1.54, 1.807) is 24.3 Å². The number of para-hydroxylation sites is 1. The van der Waals surface area contributed by atoms with Crippen LogP contribution in [0.25, 0.3) is 0 Å². The van der Waals surface area contributed by atoms with Crippen molar-refractivity contribution in [3.63, 3.8) is 0 Å². The molecule has 0 aromatic heterocycles. The lowest BCUT2D eigenvalue weighted by Gasteiger charge is -2.18. The number of hydrogen-bond donors (Lipinski definition) is 1. The number of rotatable bonds is 3. The highest BCUT2D eigenvalue weighted by Crippen LogP contribution is 2.32. The van der Waals surface area contributed by atoms with Crippen LogP contribution < -0.4 is 10.2 Å². The van der Waals surface area contributed by atoms with Crippen molar-refractivity contribution in [1.29, 1.82) is 0 Å². The largest absolute Gasteiger partial charge is 0.316 e. The average molecular weight is 345 g/mol. The number of imide groups is 1. The maximum atomic E-state index is 12.6. The Kier molecular flexibility index (Phi) is 3.61. The van der Waals surface area contributed by atoms with Gasteiger partial charge in [-0.1, -0.05) is 34.1 Å². The van der Waals surface area contributed by atoms with Crippen LogP contribution in [0.4, 0.5) is 5.69 Å². The lowest BCUT2D eigenvalue weighted by molar-refractivity contribution is 0.0926. The zero-order valence-corrected chi connectivity index (χ0v) is 13.0. The van der Waals surface area contributed by atoms with Crippen molar-refractivity contribution in [2.45, 2.75) is 6.54 Å². The van der Waals surface area contributed by atoms with Crippen LogP contribution in [0.5, 0.6) is 0 Å². The Hall–Kier alpha value is -1.98. The Labute approximate surface area is 130 Å². The number of benzene rings is 2. The average Bonchev–Trinajstić information content (AvgIpc) is 2.72. The molecule has 106 valence electrons. The van der Waals surface area contributed by atoms with Gasteiger partial charge in [-0.2, -0.15) is 0 Å². The van der Waals surface area contributed by atoms with Gasteiger partial charge in [0.1, 0.15) is 0 Å². The molecule has 5 heteroatoms. The molecule has 0 fully saturated rings. The molecule has 4 nitrogen and oxygen atoms in total. The molecule has 1 aliphatic heterocycles. The Morgan fingerprint density at radius 2 is 1.76 bits per heavy atom. The number of hydrogen-bond acceptors (Lipinski definition) is 3. The van der Waals surface area contributed by atoms with Crippen molar-refractivity contribution < 1.29 is 9.59 Å². The first-order chi connectivity index (χ1) is 10.1. The molecule has 2 aromatic carbocycles. The van der Waals surface area contributed by atoms with Crippen LogP contribution in [-0.4, -0.2) is 18.9 Å². The molecule has 1 heterocycles. The maximum Gasteiger partial charge on any atom is 0.266 e. The van der Waals surface area contributed by atoms with Crippen LogP contribution in [0.15, 0.2) is 46.9 Å². The lowest BCUT2D eigenvalue weighted by Crippen LogP contribution is -2.30. The Balaban J connectivity index is 2.10. The molecule has 0 atom stereocenters. The van der Waals surface area contributed by atoms with Gasteiger partial charge in [-0.05, 0) is 36.9 Å². The Morgan fingerprint density at radius 3 is 2.52 bits per heavy atom. The maximum absolute atomic E-state index is 12.6. The highest BCUT2D eigenvalue weighted by Gasteiger charge is 2.37. The van der Waals surface area contributed by atoms with Gasteiger partial charge in [-0.15, -0.1) is 0 Å². The molecule has 1 N–H and O–H groups in total. The normalized spacial score (nSPS) is 13.7. The molecular weight excluding hydrogens is 332 g/mol. The zero-order chi connectivity index (χ0) is 15.0. The topological polar surface area (TPSA) is 49.4 Å². The minimum absolute atomic E-state index is 0.272. The Bertz CT molecular complexity index is 743. The standard InChI is InChI=1S/C16H13BrN2O2/c1-18-9-10-4-2-3-5-14(10)19-15(20)12-7-6-11(17)8-13(12)16(19)21/h2-8,18H,9H2,1H3. The fourth-order valence-electron chi connectivity index (χ4n) is 2.50. The van der Waals surface area contributed by atoms with E-state index >= 15 is 0 Å². The third-order valence-electron chi connectivity index (χ3n) is 3.45. The van der Waals surface area contributed by atoms with E-state index in [1.165, 1.54) is 4.90 Å². The monoisotopic (exact) mass is 344 g/mol. The van der Waals surface area contributed by atoms with Crippen molar-refractivity contribution >= 4 is 33.4 Å². The van der Waals surface area contributed by atoms with Gasteiger partial charge < -0.3 is 5.32 Å². The van der Waals surface area contributed by atoms with Crippen LogP contribution in [-0.2, 0) is 6.54 Å². The molecule has 2 amide bonds. The zero-order valence-electron chi connectivity index (χ0n) is 11.4. The molecule has 21 heavy (non-hydrogen) atoms. The van der Waals surface area contributed by atoms with Gasteiger partial charge in [0, 0.05) is 11.0 Å². The smallest absolute Gasteiger partial charge is 0.266 e. The number of nitrogens with one attached hydrogen (secondary N) is 1. The summed E-state index contributed by atoms with van der Waals surface area (Å²) < 4.78 is 0.785. The summed E-state index contributed by atoms with van der Waals surface area (Å²) >= 11 is 3.34. The molecule has 0 unspecified atom stereocenters. The SMILES string of the molecule is CNCc1ccccc1N1C(=O)c2ccc(Br)cc2C1=O. The summed E-state index contributed by atoms with van der Waals surface area (Å²) in [4.78, 5) is 26.4. The number of fused-ring (bicyclic) bond motifs is 1. The summed E-state index contributed by atoms with van der Waals surface area (Å²) in [5, 5.41) is 3.05. The molecule has 0 radical (unpaired) electrons. The van der Waals surface area contributed by atoms with Gasteiger partial charge in [0.25, 0.3) is 11.8 Å². The van der Waals surface area contributed by atoms with E-state index in [0.29, 0.717) is 23.4 Å². The second-order valence-electron chi connectivity index (χ2n) is 4.79. The molecule has 0 saturated heterocycles.